The highest BCUT2D eigenvalue weighted by Gasteiger charge is 2.26. The summed E-state index contributed by atoms with van der Waals surface area (Å²) in [7, 11) is 0. The third-order valence-electron chi connectivity index (χ3n) is 3.80. The fraction of sp³-hybridized carbons (Fsp3) is 0.500. The summed E-state index contributed by atoms with van der Waals surface area (Å²) >= 11 is 3.43. The SMILES string of the molecule is CC1(C)CCN(c2ccc(Br)cc2/C(N)=N/O)CC1. The number of hydrogen-bond donors (Lipinski definition) is 2. The van der Waals surface area contributed by atoms with Crippen molar-refractivity contribution in [2.75, 3.05) is 18.0 Å². The Labute approximate surface area is 122 Å². The van der Waals surface area contributed by atoms with Gasteiger partial charge >= 0.3 is 0 Å². The van der Waals surface area contributed by atoms with E-state index in [0.717, 1.165) is 41.7 Å². The molecule has 0 spiro atoms. The summed E-state index contributed by atoms with van der Waals surface area (Å²) in [5, 5.41) is 12.0. The third kappa shape index (κ3) is 3.21. The second-order valence-corrected chi connectivity index (χ2v) is 6.71. The van der Waals surface area contributed by atoms with Gasteiger partial charge in [-0.2, -0.15) is 0 Å². The van der Waals surface area contributed by atoms with Crippen LogP contribution in [0.4, 0.5) is 5.69 Å². The Balaban J connectivity index is 2.30. The van der Waals surface area contributed by atoms with Crippen molar-refractivity contribution in [2.24, 2.45) is 16.3 Å². The van der Waals surface area contributed by atoms with Gasteiger partial charge in [-0.05, 0) is 36.5 Å². The number of amidine groups is 1. The molecular formula is C14H20BrN3O. The minimum absolute atomic E-state index is 0.154. The zero-order valence-electron chi connectivity index (χ0n) is 11.4. The first kappa shape index (κ1) is 14.2. The van der Waals surface area contributed by atoms with Crippen LogP contribution in [-0.2, 0) is 0 Å². The second kappa shape index (κ2) is 5.41. The fourth-order valence-electron chi connectivity index (χ4n) is 2.40. The molecule has 2 rings (SSSR count). The number of benzene rings is 1. The van der Waals surface area contributed by atoms with Crippen LogP contribution in [0.25, 0.3) is 0 Å². The van der Waals surface area contributed by atoms with Crippen molar-refractivity contribution in [3.05, 3.63) is 28.2 Å². The van der Waals surface area contributed by atoms with Crippen LogP contribution in [0.5, 0.6) is 0 Å². The predicted octanol–water partition coefficient (Wildman–Crippen LogP) is 3.17. The maximum atomic E-state index is 8.91. The van der Waals surface area contributed by atoms with Crippen LogP contribution in [-0.4, -0.2) is 24.1 Å². The van der Waals surface area contributed by atoms with Gasteiger partial charge in [0.1, 0.15) is 0 Å². The topological polar surface area (TPSA) is 61.8 Å². The smallest absolute Gasteiger partial charge is 0.172 e. The molecule has 104 valence electrons. The zero-order chi connectivity index (χ0) is 14.0. The van der Waals surface area contributed by atoms with E-state index in [4.69, 9.17) is 10.9 Å². The van der Waals surface area contributed by atoms with E-state index in [-0.39, 0.29) is 5.84 Å². The molecule has 1 aromatic rings. The summed E-state index contributed by atoms with van der Waals surface area (Å²) < 4.78 is 0.926. The first-order valence-corrected chi connectivity index (χ1v) is 7.25. The summed E-state index contributed by atoms with van der Waals surface area (Å²) in [5.41, 5.74) is 7.99. The molecule has 4 nitrogen and oxygen atoms in total. The van der Waals surface area contributed by atoms with Crippen molar-refractivity contribution in [3.8, 4) is 0 Å². The van der Waals surface area contributed by atoms with Crippen molar-refractivity contribution in [1.29, 1.82) is 0 Å². The van der Waals surface area contributed by atoms with Gasteiger partial charge in [0, 0.05) is 28.8 Å². The number of rotatable bonds is 2. The van der Waals surface area contributed by atoms with Gasteiger partial charge in [-0.15, -0.1) is 0 Å². The van der Waals surface area contributed by atoms with E-state index in [0.29, 0.717) is 5.41 Å². The van der Waals surface area contributed by atoms with Crippen LogP contribution in [0.1, 0.15) is 32.3 Å². The molecule has 0 unspecified atom stereocenters. The molecule has 1 heterocycles. The number of piperidine rings is 1. The molecule has 1 aromatic carbocycles. The molecule has 1 fully saturated rings. The van der Waals surface area contributed by atoms with E-state index in [2.05, 4.69) is 39.8 Å². The number of nitrogens with zero attached hydrogens (tertiary/aromatic N) is 2. The van der Waals surface area contributed by atoms with Crippen molar-refractivity contribution in [2.45, 2.75) is 26.7 Å². The molecule has 1 saturated heterocycles. The largest absolute Gasteiger partial charge is 0.409 e. The average molecular weight is 326 g/mol. The van der Waals surface area contributed by atoms with E-state index in [9.17, 15) is 0 Å². The lowest BCUT2D eigenvalue weighted by Gasteiger charge is -2.39. The molecule has 0 aliphatic carbocycles. The Bertz CT molecular complexity index is 489. The molecule has 0 saturated carbocycles. The predicted molar refractivity (Wildman–Crippen MR) is 81.9 cm³/mol. The number of anilines is 1. The minimum Gasteiger partial charge on any atom is -0.409 e. The Morgan fingerprint density at radius 3 is 2.58 bits per heavy atom. The van der Waals surface area contributed by atoms with Gasteiger partial charge in [-0.3, -0.25) is 0 Å². The van der Waals surface area contributed by atoms with Gasteiger partial charge in [0.2, 0.25) is 0 Å². The van der Waals surface area contributed by atoms with Gasteiger partial charge < -0.3 is 15.8 Å². The van der Waals surface area contributed by atoms with Crippen LogP contribution >= 0.6 is 15.9 Å². The lowest BCUT2D eigenvalue weighted by Crippen LogP contribution is -2.38. The van der Waals surface area contributed by atoms with Gasteiger partial charge in [0.25, 0.3) is 0 Å². The van der Waals surface area contributed by atoms with E-state index < -0.39 is 0 Å². The molecule has 0 aromatic heterocycles. The van der Waals surface area contributed by atoms with Crippen molar-refractivity contribution in [3.63, 3.8) is 0 Å². The molecule has 1 aliphatic heterocycles. The lowest BCUT2D eigenvalue weighted by atomic mass is 9.82. The Morgan fingerprint density at radius 2 is 2.00 bits per heavy atom. The highest BCUT2D eigenvalue weighted by molar-refractivity contribution is 9.10. The molecule has 5 heteroatoms. The zero-order valence-corrected chi connectivity index (χ0v) is 12.9. The van der Waals surface area contributed by atoms with Crippen LogP contribution in [0.15, 0.2) is 27.8 Å². The van der Waals surface area contributed by atoms with Gasteiger partial charge in [-0.1, -0.05) is 34.9 Å². The molecule has 0 radical (unpaired) electrons. The average Bonchev–Trinajstić information content (AvgIpc) is 2.38. The summed E-state index contributed by atoms with van der Waals surface area (Å²) in [5.74, 6) is 0.154. The molecule has 3 N–H and O–H groups in total. The Hall–Kier alpha value is -1.23. The number of hydrogen-bond acceptors (Lipinski definition) is 3. The van der Waals surface area contributed by atoms with Crippen molar-refractivity contribution in [1.82, 2.24) is 0 Å². The number of oxime groups is 1. The highest BCUT2D eigenvalue weighted by Crippen LogP contribution is 2.34. The normalized spacial score (nSPS) is 19.5. The second-order valence-electron chi connectivity index (χ2n) is 5.80. The van der Waals surface area contributed by atoms with E-state index in [1.54, 1.807) is 0 Å². The van der Waals surface area contributed by atoms with Crippen LogP contribution in [0.3, 0.4) is 0 Å². The van der Waals surface area contributed by atoms with Crippen LogP contribution in [0, 0.1) is 5.41 Å². The number of nitrogens with two attached hydrogens (primary N) is 1. The quantitative estimate of drug-likeness (QED) is 0.380. The standard InChI is InChI=1S/C14H20BrN3O/c1-14(2)5-7-18(8-6-14)12-4-3-10(15)9-11(12)13(16)17-19/h3-4,9,19H,5-8H2,1-2H3,(H2,16,17). The maximum Gasteiger partial charge on any atom is 0.172 e. The summed E-state index contributed by atoms with van der Waals surface area (Å²) in [4.78, 5) is 2.31. The van der Waals surface area contributed by atoms with E-state index in [1.165, 1.54) is 0 Å². The first-order valence-electron chi connectivity index (χ1n) is 6.45. The number of halogens is 1. The van der Waals surface area contributed by atoms with Gasteiger partial charge in [0.05, 0.1) is 0 Å². The molecule has 19 heavy (non-hydrogen) atoms. The minimum atomic E-state index is 0.154. The molecule has 0 amide bonds. The van der Waals surface area contributed by atoms with Crippen LogP contribution in [0.2, 0.25) is 0 Å². The van der Waals surface area contributed by atoms with Crippen molar-refractivity contribution < 1.29 is 5.21 Å². The molecular weight excluding hydrogens is 306 g/mol. The molecule has 1 aliphatic rings. The summed E-state index contributed by atoms with van der Waals surface area (Å²) in [6, 6.07) is 5.91. The van der Waals surface area contributed by atoms with Crippen molar-refractivity contribution >= 4 is 27.5 Å². The fourth-order valence-corrected chi connectivity index (χ4v) is 2.76. The summed E-state index contributed by atoms with van der Waals surface area (Å²) in [6.07, 6.45) is 2.30. The first-order chi connectivity index (χ1) is 8.93. The van der Waals surface area contributed by atoms with Gasteiger partial charge in [0.15, 0.2) is 5.84 Å². The molecule has 0 atom stereocenters. The monoisotopic (exact) mass is 325 g/mol. The Kier molecular flexibility index (Phi) is 4.04. The summed E-state index contributed by atoms with van der Waals surface area (Å²) in [6.45, 7) is 6.60. The van der Waals surface area contributed by atoms with Crippen LogP contribution < -0.4 is 10.6 Å². The lowest BCUT2D eigenvalue weighted by molar-refractivity contribution is 0.280. The molecule has 0 bridgehead atoms. The highest BCUT2D eigenvalue weighted by atomic mass is 79.9. The Morgan fingerprint density at radius 1 is 1.37 bits per heavy atom. The van der Waals surface area contributed by atoms with Gasteiger partial charge in [-0.25, -0.2) is 0 Å². The van der Waals surface area contributed by atoms with E-state index >= 15 is 0 Å². The van der Waals surface area contributed by atoms with E-state index in [1.807, 2.05) is 18.2 Å². The maximum absolute atomic E-state index is 8.91. The third-order valence-corrected chi connectivity index (χ3v) is 4.29.